The maximum Gasteiger partial charge on any atom is 0.345 e. The SMILES string of the molecule is CC(C)(C)OC(=O)/C=C(/I)C(=O)OC(C)(C)C. The van der Waals surface area contributed by atoms with Crippen molar-refractivity contribution in [3.8, 4) is 0 Å². The van der Waals surface area contributed by atoms with Gasteiger partial charge in [0.25, 0.3) is 0 Å². The fraction of sp³-hybridized carbons (Fsp3) is 0.667. The van der Waals surface area contributed by atoms with Gasteiger partial charge in [-0.1, -0.05) is 0 Å². The molecule has 0 radical (unpaired) electrons. The van der Waals surface area contributed by atoms with Crippen molar-refractivity contribution in [1.29, 1.82) is 0 Å². The lowest BCUT2D eigenvalue weighted by Gasteiger charge is -2.20. The summed E-state index contributed by atoms with van der Waals surface area (Å²) in [5.74, 6) is -1.07. The molecule has 0 aromatic carbocycles. The van der Waals surface area contributed by atoms with Crippen LogP contribution in [0.4, 0.5) is 0 Å². The molecule has 0 saturated carbocycles. The number of esters is 2. The van der Waals surface area contributed by atoms with Gasteiger partial charge in [0.15, 0.2) is 0 Å². The van der Waals surface area contributed by atoms with Crippen molar-refractivity contribution in [2.24, 2.45) is 0 Å². The Morgan fingerprint density at radius 1 is 0.941 bits per heavy atom. The van der Waals surface area contributed by atoms with Crippen molar-refractivity contribution < 1.29 is 19.1 Å². The van der Waals surface area contributed by atoms with Gasteiger partial charge in [-0.15, -0.1) is 0 Å². The van der Waals surface area contributed by atoms with E-state index >= 15 is 0 Å². The van der Waals surface area contributed by atoms with E-state index in [-0.39, 0.29) is 3.58 Å². The van der Waals surface area contributed by atoms with Crippen molar-refractivity contribution >= 4 is 34.5 Å². The molecule has 0 fully saturated rings. The zero-order chi connectivity index (χ0) is 13.9. The summed E-state index contributed by atoms with van der Waals surface area (Å²) in [6.07, 6.45) is 1.14. The van der Waals surface area contributed by atoms with Crippen molar-refractivity contribution in [3.63, 3.8) is 0 Å². The number of ether oxygens (including phenoxy) is 2. The first-order valence-corrected chi connectivity index (χ1v) is 6.32. The summed E-state index contributed by atoms with van der Waals surface area (Å²) in [7, 11) is 0. The van der Waals surface area contributed by atoms with E-state index in [0.29, 0.717) is 0 Å². The fourth-order valence-corrected chi connectivity index (χ4v) is 1.18. The van der Waals surface area contributed by atoms with Gasteiger partial charge in [-0.25, -0.2) is 9.59 Å². The first-order valence-electron chi connectivity index (χ1n) is 5.24. The van der Waals surface area contributed by atoms with Gasteiger partial charge in [0.05, 0.1) is 0 Å². The van der Waals surface area contributed by atoms with Crippen LogP contribution < -0.4 is 0 Å². The molecule has 98 valence electrons. The molecule has 0 rings (SSSR count). The second-order valence-corrected chi connectivity index (χ2v) is 6.69. The molecule has 0 aromatic heterocycles. The molecule has 4 nitrogen and oxygen atoms in total. The van der Waals surface area contributed by atoms with E-state index in [4.69, 9.17) is 9.47 Å². The van der Waals surface area contributed by atoms with E-state index < -0.39 is 23.1 Å². The van der Waals surface area contributed by atoms with Crippen LogP contribution in [-0.4, -0.2) is 23.1 Å². The zero-order valence-electron chi connectivity index (χ0n) is 11.1. The molecular formula is C12H19IO4. The molecule has 17 heavy (non-hydrogen) atoms. The van der Waals surface area contributed by atoms with Crippen molar-refractivity contribution in [1.82, 2.24) is 0 Å². The topological polar surface area (TPSA) is 52.6 Å². The maximum atomic E-state index is 11.6. The van der Waals surface area contributed by atoms with Gasteiger partial charge in [-0.3, -0.25) is 0 Å². The van der Waals surface area contributed by atoms with E-state index in [1.54, 1.807) is 64.1 Å². The van der Waals surface area contributed by atoms with E-state index in [1.807, 2.05) is 0 Å². The van der Waals surface area contributed by atoms with Gasteiger partial charge >= 0.3 is 11.9 Å². The summed E-state index contributed by atoms with van der Waals surface area (Å²) < 4.78 is 10.4. The predicted molar refractivity (Wildman–Crippen MR) is 73.8 cm³/mol. The third kappa shape index (κ3) is 9.14. The van der Waals surface area contributed by atoms with Gasteiger partial charge in [0.1, 0.15) is 14.8 Å². The fourth-order valence-electron chi connectivity index (χ4n) is 0.820. The minimum absolute atomic E-state index is 0.201. The number of hydrogen-bond acceptors (Lipinski definition) is 4. The van der Waals surface area contributed by atoms with Gasteiger partial charge in [-0.2, -0.15) is 0 Å². The minimum Gasteiger partial charge on any atom is -0.457 e. The second-order valence-electron chi connectivity index (χ2n) is 5.53. The quantitative estimate of drug-likeness (QED) is 0.435. The van der Waals surface area contributed by atoms with Crippen LogP contribution in [0.15, 0.2) is 9.66 Å². The van der Waals surface area contributed by atoms with E-state index in [9.17, 15) is 9.59 Å². The molecule has 0 amide bonds. The number of halogens is 1. The Bertz CT molecular complexity index is 331. The van der Waals surface area contributed by atoms with Crippen molar-refractivity contribution in [2.45, 2.75) is 52.7 Å². The van der Waals surface area contributed by atoms with Crippen LogP contribution in [0.3, 0.4) is 0 Å². The van der Waals surface area contributed by atoms with Crippen molar-refractivity contribution in [2.75, 3.05) is 0 Å². The molecule has 0 N–H and O–H groups in total. The third-order valence-electron chi connectivity index (χ3n) is 1.25. The monoisotopic (exact) mass is 354 g/mol. The standard InChI is InChI=1S/C12H19IO4/c1-11(2,3)16-9(14)7-8(13)10(15)17-12(4,5)6/h7H,1-6H3/b8-7+. The number of rotatable bonds is 2. The molecule has 0 aliphatic rings. The summed E-state index contributed by atoms with van der Waals surface area (Å²) in [4.78, 5) is 23.0. The highest BCUT2D eigenvalue weighted by molar-refractivity contribution is 14.1. The Labute approximate surface area is 116 Å². The van der Waals surface area contributed by atoms with E-state index in [1.165, 1.54) is 0 Å². The summed E-state index contributed by atoms with van der Waals surface area (Å²) in [6.45, 7) is 10.6. The lowest BCUT2D eigenvalue weighted by molar-refractivity contribution is -0.151. The zero-order valence-corrected chi connectivity index (χ0v) is 13.2. The molecule has 0 unspecified atom stereocenters. The molecular weight excluding hydrogens is 335 g/mol. The Kier molecular flexibility index (Phi) is 5.64. The second kappa shape index (κ2) is 5.84. The van der Waals surface area contributed by atoms with Crippen LogP contribution in [0.2, 0.25) is 0 Å². The lowest BCUT2D eigenvalue weighted by Crippen LogP contribution is -2.25. The molecule has 0 atom stereocenters. The van der Waals surface area contributed by atoms with E-state index in [2.05, 4.69) is 0 Å². The number of carbonyl (C=O) groups is 2. The predicted octanol–water partition coefficient (Wildman–Crippen LogP) is 2.99. The summed E-state index contributed by atoms with van der Waals surface area (Å²) in [6, 6.07) is 0. The van der Waals surface area contributed by atoms with Crippen LogP contribution in [0.25, 0.3) is 0 Å². The van der Waals surface area contributed by atoms with Crippen LogP contribution in [0, 0.1) is 0 Å². The van der Waals surface area contributed by atoms with Crippen LogP contribution >= 0.6 is 22.6 Å². The summed E-state index contributed by atoms with van der Waals surface area (Å²) in [5.41, 5.74) is -1.15. The Balaban J connectivity index is 4.55. The molecule has 0 aliphatic heterocycles. The Hall–Kier alpha value is -0.590. The minimum atomic E-state index is -0.574. The van der Waals surface area contributed by atoms with Gasteiger partial charge in [0, 0.05) is 6.08 Å². The smallest absolute Gasteiger partial charge is 0.345 e. The molecule has 0 aromatic rings. The first-order chi connectivity index (χ1) is 7.41. The van der Waals surface area contributed by atoms with E-state index in [0.717, 1.165) is 6.08 Å². The highest BCUT2D eigenvalue weighted by Crippen LogP contribution is 2.16. The average molecular weight is 354 g/mol. The van der Waals surface area contributed by atoms with Gasteiger partial charge in [-0.05, 0) is 64.1 Å². The highest BCUT2D eigenvalue weighted by atomic mass is 127. The highest BCUT2D eigenvalue weighted by Gasteiger charge is 2.20. The Morgan fingerprint density at radius 2 is 1.35 bits per heavy atom. The first kappa shape index (κ1) is 16.4. The maximum absolute atomic E-state index is 11.6. The van der Waals surface area contributed by atoms with Crippen molar-refractivity contribution in [3.05, 3.63) is 9.66 Å². The molecule has 0 aliphatic carbocycles. The number of hydrogen-bond donors (Lipinski definition) is 0. The largest absolute Gasteiger partial charge is 0.457 e. The number of carbonyl (C=O) groups excluding carboxylic acids is 2. The molecule has 0 heterocycles. The van der Waals surface area contributed by atoms with Crippen LogP contribution in [-0.2, 0) is 19.1 Å². The van der Waals surface area contributed by atoms with Crippen LogP contribution in [0.5, 0.6) is 0 Å². The lowest BCUT2D eigenvalue weighted by atomic mass is 10.2. The van der Waals surface area contributed by atoms with Gasteiger partial charge in [0.2, 0.25) is 0 Å². The van der Waals surface area contributed by atoms with Gasteiger partial charge < -0.3 is 9.47 Å². The van der Waals surface area contributed by atoms with Crippen LogP contribution in [0.1, 0.15) is 41.5 Å². The molecule has 5 heteroatoms. The molecule has 0 bridgehead atoms. The third-order valence-corrected chi connectivity index (χ3v) is 2.00. The average Bonchev–Trinajstić information content (AvgIpc) is 1.95. The molecule has 0 spiro atoms. The summed E-state index contributed by atoms with van der Waals surface area (Å²) in [5, 5.41) is 0. The Morgan fingerprint density at radius 3 is 1.71 bits per heavy atom. The summed E-state index contributed by atoms with van der Waals surface area (Å²) >= 11 is 1.76. The molecule has 0 saturated heterocycles. The normalized spacial score (nSPS) is 13.2.